The standard InChI is InChI=1S/C14H20N2O/c1-11-4-6-12(7-5-11)10-16(2)13(17)14(15)8-3-9-14/h4-7H,3,8-10,15H2,1-2H3. The Kier molecular flexibility index (Phi) is 3.20. The van der Waals surface area contributed by atoms with Crippen LogP contribution in [-0.2, 0) is 11.3 Å². The minimum absolute atomic E-state index is 0.0734. The van der Waals surface area contributed by atoms with E-state index in [9.17, 15) is 4.79 Å². The Morgan fingerprint density at radius 3 is 2.41 bits per heavy atom. The normalized spacial score (nSPS) is 17.4. The number of amides is 1. The molecule has 1 aromatic rings. The Hall–Kier alpha value is -1.35. The second kappa shape index (κ2) is 4.49. The molecule has 1 fully saturated rings. The van der Waals surface area contributed by atoms with Crippen LogP contribution >= 0.6 is 0 Å². The summed E-state index contributed by atoms with van der Waals surface area (Å²) in [5, 5.41) is 0. The first-order chi connectivity index (χ1) is 8.01. The first-order valence-corrected chi connectivity index (χ1v) is 6.11. The lowest BCUT2D eigenvalue weighted by molar-refractivity contribution is -0.139. The maximum atomic E-state index is 12.1. The number of aryl methyl sites for hydroxylation is 1. The van der Waals surface area contributed by atoms with Crippen LogP contribution in [0.3, 0.4) is 0 Å². The fraction of sp³-hybridized carbons (Fsp3) is 0.500. The van der Waals surface area contributed by atoms with Crippen molar-refractivity contribution in [1.82, 2.24) is 4.90 Å². The number of rotatable bonds is 3. The summed E-state index contributed by atoms with van der Waals surface area (Å²) in [7, 11) is 1.83. The molecule has 0 bridgehead atoms. The van der Waals surface area contributed by atoms with Gasteiger partial charge in [0.25, 0.3) is 0 Å². The highest BCUT2D eigenvalue weighted by Crippen LogP contribution is 2.30. The number of carbonyl (C=O) groups is 1. The Morgan fingerprint density at radius 1 is 1.35 bits per heavy atom. The predicted molar refractivity (Wildman–Crippen MR) is 68.4 cm³/mol. The van der Waals surface area contributed by atoms with Gasteiger partial charge in [-0.05, 0) is 31.7 Å². The molecule has 1 aliphatic carbocycles. The lowest BCUT2D eigenvalue weighted by atomic mass is 9.76. The van der Waals surface area contributed by atoms with Crippen molar-refractivity contribution >= 4 is 5.91 Å². The summed E-state index contributed by atoms with van der Waals surface area (Å²) in [6, 6.07) is 8.25. The number of benzene rings is 1. The van der Waals surface area contributed by atoms with Gasteiger partial charge in [0.1, 0.15) is 0 Å². The Labute approximate surface area is 103 Å². The van der Waals surface area contributed by atoms with E-state index in [0.29, 0.717) is 6.54 Å². The molecular formula is C14H20N2O. The number of nitrogens with two attached hydrogens (primary N) is 1. The number of carbonyl (C=O) groups excluding carboxylic acids is 1. The van der Waals surface area contributed by atoms with E-state index in [1.807, 2.05) is 7.05 Å². The number of hydrogen-bond acceptors (Lipinski definition) is 2. The van der Waals surface area contributed by atoms with Gasteiger partial charge in [-0.3, -0.25) is 4.79 Å². The molecule has 1 amide bonds. The maximum absolute atomic E-state index is 12.1. The van der Waals surface area contributed by atoms with Crippen LogP contribution in [0.2, 0.25) is 0 Å². The van der Waals surface area contributed by atoms with Crippen LogP contribution in [0, 0.1) is 6.92 Å². The van der Waals surface area contributed by atoms with Crippen molar-refractivity contribution in [3.63, 3.8) is 0 Å². The van der Waals surface area contributed by atoms with E-state index in [-0.39, 0.29) is 5.91 Å². The molecule has 2 rings (SSSR count). The van der Waals surface area contributed by atoms with Crippen LogP contribution in [0.1, 0.15) is 30.4 Å². The Morgan fingerprint density at radius 2 is 1.94 bits per heavy atom. The van der Waals surface area contributed by atoms with Crippen molar-refractivity contribution in [3.05, 3.63) is 35.4 Å². The van der Waals surface area contributed by atoms with Crippen molar-refractivity contribution < 1.29 is 4.79 Å². The molecule has 0 unspecified atom stereocenters. The van der Waals surface area contributed by atoms with Gasteiger partial charge in [-0.1, -0.05) is 29.8 Å². The molecule has 0 aromatic heterocycles. The molecule has 0 heterocycles. The van der Waals surface area contributed by atoms with E-state index in [0.717, 1.165) is 24.8 Å². The second-order valence-electron chi connectivity index (χ2n) is 5.16. The highest BCUT2D eigenvalue weighted by Gasteiger charge is 2.41. The monoisotopic (exact) mass is 232 g/mol. The fourth-order valence-electron chi connectivity index (χ4n) is 2.19. The van der Waals surface area contributed by atoms with Crippen LogP contribution < -0.4 is 5.73 Å². The summed E-state index contributed by atoms with van der Waals surface area (Å²) in [5.74, 6) is 0.0734. The minimum atomic E-state index is -0.584. The fourth-order valence-corrected chi connectivity index (χ4v) is 2.19. The Bertz CT molecular complexity index is 407. The quantitative estimate of drug-likeness (QED) is 0.864. The number of nitrogens with zero attached hydrogens (tertiary/aromatic N) is 1. The first-order valence-electron chi connectivity index (χ1n) is 6.11. The third kappa shape index (κ3) is 2.50. The minimum Gasteiger partial charge on any atom is -0.340 e. The summed E-state index contributed by atoms with van der Waals surface area (Å²) >= 11 is 0. The third-order valence-electron chi connectivity index (χ3n) is 3.56. The molecule has 0 radical (unpaired) electrons. The van der Waals surface area contributed by atoms with Gasteiger partial charge in [0, 0.05) is 13.6 Å². The lowest BCUT2D eigenvalue weighted by Gasteiger charge is -2.39. The average Bonchev–Trinajstić information content (AvgIpc) is 2.28. The van der Waals surface area contributed by atoms with Gasteiger partial charge in [-0.2, -0.15) is 0 Å². The summed E-state index contributed by atoms with van der Waals surface area (Å²) in [6.07, 6.45) is 2.72. The summed E-state index contributed by atoms with van der Waals surface area (Å²) in [4.78, 5) is 13.9. The average molecular weight is 232 g/mol. The topological polar surface area (TPSA) is 46.3 Å². The molecule has 3 heteroatoms. The SMILES string of the molecule is Cc1ccc(CN(C)C(=O)C2(N)CCC2)cc1. The van der Waals surface area contributed by atoms with Gasteiger partial charge >= 0.3 is 0 Å². The van der Waals surface area contributed by atoms with Crippen LogP contribution in [0.4, 0.5) is 0 Å². The van der Waals surface area contributed by atoms with Gasteiger partial charge in [0.2, 0.25) is 5.91 Å². The van der Waals surface area contributed by atoms with Gasteiger partial charge in [-0.25, -0.2) is 0 Å². The highest BCUT2D eigenvalue weighted by atomic mass is 16.2. The molecule has 3 nitrogen and oxygen atoms in total. The van der Waals surface area contributed by atoms with E-state index in [1.165, 1.54) is 5.56 Å². The van der Waals surface area contributed by atoms with Gasteiger partial charge in [0.05, 0.1) is 5.54 Å². The lowest BCUT2D eigenvalue weighted by Crippen LogP contribution is -2.58. The molecule has 92 valence electrons. The maximum Gasteiger partial charge on any atom is 0.242 e. The van der Waals surface area contributed by atoms with Crippen molar-refractivity contribution in [2.75, 3.05) is 7.05 Å². The number of hydrogen-bond donors (Lipinski definition) is 1. The zero-order chi connectivity index (χ0) is 12.5. The van der Waals surface area contributed by atoms with Crippen molar-refractivity contribution in [2.24, 2.45) is 5.73 Å². The highest BCUT2D eigenvalue weighted by molar-refractivity contribution is 5.86. The zero-order valence-electron chi connectivity index (χ0n) is 10.6. The van der Waals surface area contributed by atoms with Crippen LogP contribution in [0.25, 0.3) is 0 Å². The molecule has 0 spiro atoms. The van der Waals surface area contributed by atoms with Crippen LogP contribution in [0.5, 0.6) is 0 Å². The van der Waals surface area contributed by atoms with E-state index >= 15 is 0 Å². The van der Waals surface area contributed by atoms with E-state index in [1.54, 1.807) is 4.90 Å². The molecular weight excluding hydrogens is 212 g/mol. The summed E-state index contributed by atoms with van der Waals surface area (Å²) < 4.78 is 0. The summed E-state index contributed by atoms with van der Waals surface area (Å²) in [6.45, 7) is 2.69. The van der Waals surface area contributed by atoms with Crippen LogP contribution in [-0.4, -0.2) is 23.4 Å². The summed E-state index contributed by atoms with van der Waals surface area (Å²) in [5.41, 5.74) is 7.83. The molecule has 2 N–H and O–H groups in total. The van der Waals surface area contributed by atoms with Gasteiger partial charge < -0.3 is 10.6 Å². The number of likely N-dealkylation sites (N-methyl/N-ethyl adjacent to an activating group) is 1. The first kappa shape index (κ1) is 12.1. The molecule has 1 aromatic carbocycles. The van der Waals surface area contributed by atoms with Crippen molar-refractivity contribution in [3.8, 4) is 0 Å². The van der Waals surface area contributed by atoms with Gasteiger partial charge in [-0.15, -0.1) is 0 Å². The van der Waals surface area contributed by atoms with E-state index in [4.69, 9.17) is 5.73 Å². The molecule has 0 atom stereocenters. The smallest absolute Gasteiger partial charge is 0.242 e. The second-order valence-corrected chi connectivity index (χ2v) is 5.16. The van der Waals surface area contributed by atoms with E-state index < -0.39 is 5.54 Å². The molecule has 1 saturated carbocycles. The van der Waals surface area contributed by atoms with Gasteiger partial charge in [0.15, 0.2) is 0 Å². The molecule has 0 saturated heterocycles. The third-order valence-corrected chi connectivity index (χ3v) is 3.56. The molecule has 1 aliphatic rings. The van der Waals surface area contributed by atoms with Crippen LogP contribution in [0.15, 0.2) is 24.3 Å². The van der Waals surface area contributed by atoms with Crippen molar-refractivity contribution in [2.45, 2.75) is 38.3 Å². The van der Waals surface area contributed by atoms with E-state index in [2.05, 4.69) is 31.2 Å². The molecule has 17 heavy (non-hydrogen) atoms. The Balaban J connectivity index is 1.99. The predicted octanol–water partition coefficient (Wildman–Crippen LogP) is 1.83. The molecule has 0 aliphatic heterocycles. The zero-order valence-corrected chi connectivity index (χ0v) is 10.6. The largest absolute Gasteiger partial charge is 0.340 e. The van der Waals surface area contributed by atoms with Crippen molar-refractivity contribution in [1.29, 1.82) is 0 Å².